The fraction of sp³-hybridized carbons (Fsp3) is 0.238. The van der Waals surface area contributed by atoms with Gasteiger partial charge in [0, 0.05) is 5.56 Å². The van der Waals surface area contributed by atoms with E-state index in [0.717, 1.165) is 30.4 Å². The molecule has 0 saturated carbocycles. The van der Waals surface area contributed by atoms with E-state index < -0.39 is 0 Å². The number of rotatable bonds is 8. The molecule has 25 heavy (non-hydrogen) atoms. The van der Waals surface area contributed by atoms with E-state index >= 15 is 0 Å². The SMILES string of the molecule is COc1ccc(/C=C/CCC/C=C/c2cccc(OC)c2O)cc1O. The minimum Gasteiger partial charge on any atom is -0.504 e. The van der Waals surface area contributed by atoms with E-state index in [2.05, 4.69) is 6.08 Å². The summed E-state index contributed by atoms with van der Waals surface area (Å²) >= 11 is 0. The summed E-state index contributed by atoms with van der Waals surface area (Å²) in [5.41, 5.74) is 1.69. The Morgan fingerprint density at radius 3 is 2.28 bits per heavy atom. The Morgan fingerprint density at radius 2 is 1.60 bits per heavy atom. The van der Waals surface area contributed by atoms with Crippen molar-refractivity contribution in [1.82, 2.24) is 0 Å². The van der Waals surface area contributed by atoms with Gasteiger partial charge in [-0.15, -0.1) is 0 Å². The summed E-state index contributed by atoms with van der Waals surface area (Å²) in [6.45, 7) is 0. The minimum absolute atomic E-state index is 0.144. The lowest BCUT2D eigenvalue weighted by Gasteiger charge is -2.05. The highest BCUT2D eigenvalue weighted by Crippen LogP contribution is 2.30. The van der Waals surface area contributed by atoms with E-state index in [9.17, 15) is 10.2 Å². The summed E-state index contributed by atoms with van der Waals surface area (Å²) in [5, 5.41) is 19.7. The molecule has 2 aromatic carbocycles. The summed E-state index contributed by atoms with van der Waals surface area (Å²) in [7, 11) is 3.07. The van der Waals surface area contributed by atoms with Gasteiger partial charge in [0.25, 0.3) is 0 Å². The molecule has 0 heterocycles. The van der Waals surface area contributed by atoms with Gasteiger partial charge in [-0.25, -0.2) is 0 Å². The van der Waals surface area contributed by atoms with E-state index in [1.807, 2.05) is 36.4 Å². The Labute approximate surface area is 148 Å². The molecule has 0 atom stereocenters. The summed E-state index contributed by atoms with van der Waals surface area (Å²) in [6.07, 6.45) is 10.9. The maximum absolute atomic E-state index is 10.00. The fourth-order valence-corrected chi connectivity index (χ4v) is 2.43. The highest BCUT2D eigenvalue weighted by molar-refractivity contribution is 5.61. The standard InChI is InChI=1S/C21H24O4/c1-24-19-14-13-16(15-18(19)22)9-6-4-3-5-7-10-17-11-8-12-20(25-2)21(17)23/h6-15,22-23H,3-5H2,1-2H3/b9-6+,10-7+. The normalized spacial score (nSPS) is 11.3. The van der Waals surface area contributed by atoms with Crippen molar-refractivity contribution in [2.24, 2.45) is 0 Å². The third-order valence-electron chi connectivity index (χ3n) is 3.80. The number of ether oxygens (including phenoxy) is 2. The van der Waals surface area contributed by atoms with Crippen molar-refractivity contribution < 1.29 is 19.7 Å². The number of phenols is 2. The van der Waals surface area contributed by atoms with E-state index in [1.165, 1.54) is 14.2 Å². The number of phenolic OH excluding ortho intramolecular Hbond substituents is 2. The lowest BCUT2D eigenvalue weighted by Crippen LogP contribution is -1.84. The summed E-state index contributed by atoms with van der Waals surface area (Å²) in [5.74, 6) is 1.27. The summed E-state index contributed by atoms with van der Waals surface area (Å²) in [4.78, 5) is 0. The Balaban J connectivity index is 1.79. The van der Waals surface area contributed by atoms with Crippen LogP contribution in [-0.4, -0.2) is 24.4 Å². The third kappa shape index (κ3) is 5.31. The van der Waals surface area contributed by atoms with Crippen LogP contribution in [0.3, 0.4) is 0 Å². The summed E-state index contributed by atoms with van der Waals surface area (Å²) in [6, 6.07) is 10.8. The molecule has 0 saturated heterocycles. The van der Waals surface area contributed by atoms with Crippen molar-refractivity contribution in [1.29, 1.82) is 0 Å². The van der Waals surface area contributed by atoms with Crippen LogP contribution in [-0.2, 0) is 0 Å². The highest BCUT2D eigenvalue weighted by atomic mass is 16.5. The second-order valence-corrected chi connectivity index (χ2v) is 5.57. The van der Waals surface area contributed by atoms with E-state index in [4.69, 9.17) is 9.47 Å². The van der Waals surface area contributed by atoms with Crippen LogP contribution in [0.4, 0.5) is 0 Å². The molecular weight excluding hydrogens is 316 g/mol. The van der Waals surface area contributed by atoms with Gasteiger partial charge in [-0.2, -0.15) is 0 Å². The zero-order valence-corrected chi connectivity index (χ0v) is 14.6. The molecule has 4 heteroatoms. The van der Waals surface area contributed by atoms with Crippen LogP contribution in [0.2, 0.25) is 0 Å². The molecule has 2 aromatic rings. The zero-order chi connectivity index (χ0) is 18.1. The van der Waals surface area contributed by atoms with Crippen LogP contribution in [0.5, 0.6) is 23.0 Å². The number of hydrogen-bond acceptors (Lipinski definition) is 4. The van der Waals surface area contributed by atoms with Gasteiger partial charge in [0.15, 0.2) is 23.0 Å². The molecule has 132 valence electrons. The van der Waals surface area contributed by atoms with Crippen LogP contribution in [0.25, 0.3) is 12.2 Å². The number of benzene rings is 2. The molecule has 0 radical (unpaired) electrons. The van der Waals surface area contributed by atoms with Gasteiger partial charge < -0.3 is 19.7 Å². The number of hydrogen-bond donors (Lipinski definition) is 2. The van der Waals surface area contributed by atoms with Gasteiger partial charge in [-0.1, -0.05) is 42.5 Å². The molecule has 0 amide bonds. The summed E-state index contributed by atoms with van der Waals surface area (Å²) < 4.78 is 10.1. The Hall–Kier alpha value is -2.88. The molecular formula is C21H24O4. The fourth-order valence-electron chi connectivity index (χ4n) is 2.43. The molecule has 0 fully saturated rings. The second kappa shape index (κ2) is 9.42. The molecule has 0 spiro atoms. The van der Waals surface area contributed by atoms with Gasteiger partial charge in [-0.3, -0.25) is 0 Å². The first kappa shape index (κ1) is 18.5. The first-order valence-electron chi connectivity index (χ1n) is 8.21. The number of unbranched alkanes of at least 4 members (excludes halogenated alkanes) is 2. The van der Waals surface area contributed by atoms with Gasteiger partial charge in [0.1, 0.15) is 0 Å². The van der Waals surface area contributed by atoms with Crippen molar-refractivity contribution in [2.45, 2.75) is 19.3 Å². The van der Waals surface area contributed by atoms with Crippen LogP contribution in [0.15, 0.2) is 48.6 Å². The van der Waals surface area contributed by atoms with Crippen molar-refractivity contribution in [2.75, 3.05) is 14.2 Å². The topological polar surface area (TPSA) is 58.9 Å². The van der Waals surface area contributed by atoms with Crippen molar-refractivity contribution in [3.05, 3.63) is 59.7 Å². The predicted octanol–water partition coefficient (Wildman–Crippen LogP) is 5.01. The Kier molecular flexibility index (Phi) is 6.96. The van der Waals surface area contributed by atoms with Crippen LogP contribution in [0.1, 0.15) is 30.4 Å². The predicted molar refractivity (Wildman–Crippen MR) is 101 cm³/mol. The zero-order valence-electron chi connectivity index (χ0n) is 14.6. The third-order valence-corrected chi connectivity index (χ3v) is 3.80. The smallest absolute Gasteiger partial charge is 0.165 e. The molecule has 0 aliphatic carbocycles. The molecule has 0 aliphatic rings. The van der Waals surface area contributed by atoms with E-state index in [1.54, 1.807) is 18.2 Å². The van der Waals surface area contributed by atoms with Gasteiger partial charge in [0.2, 0.25) is 0 Å². The lowest BCUT2D eigenvalue weighted by molar-refractivity contribution is 0.373. The average Bonchev–Trinajstić information content (AvgIpc) is 2.62. The van der Waals surface area contributed by atoms with E-state index in [0.29, 0.717) is 11.5 Å². The molecule has 0 aliphatic heterocycles. The van der Waals surface area contributed by atoms with Crippen LogP contribution in [0, 0.1) is 0 Å². The molecule has 0 aromatic heterocycles. The molecule has 4 nitrogen and oxygen atoms in total. The average molecular weight is 340 g/mol. The number of methoxy groups -OCH3 is 2. The molecule has 0 bridgehead atoms. The number of para-hydroxylation sites is 1. The van der Waals surface area contributed by atoms with Crippen molar-refractivity contribution >= 4 is 12.2 Å². The van der Waals surface area contributed by atoms with Crippen LogP contribution < -0.4 is 9.47 Å². The van der Waals surface area contributed by atoms with Gasteiger partial charge >= 0.3 is 0 Å². The van der Waals surface area contributed by atoms with E-state index in [-0.39, 0.29) is 11.5 Å². The molecule has 2 N–H and O–H groups in total. The highest BCUT2D eigenvalue weighted by Gasteiger charge is 2.03. The van der Waals surface area contributed by atoms with Gasteiger partial charge in [-0.05, 0) is 43.0 Å². The first-order chi connectivity index (χ1) is 12.2. The lowest BCUT2D eigenvalue weighted by atomic mass is 10.1. The largest absolute Gasteiger partial charge is 0.504 e. The maximum Gasteiger partial charge on any atom is 0.165 e. The number of allylic oxidation sites excluding steroid dienone is 2. The monoisotopic (exact) mass is 340 g/mol. The van der Waals surface area contributed by atoms with Gasteiger partial charge in [0.05, 0.1) is 14.2 Å². The molecule has 0 unspecified atom stereocenters. The first-order valence-corrected chi connectivity index (χ1v) is 8.21. The quantitative estimate of drug-likeness (QED) is 0.663. The maximum atomic E-state index is 10.00. The minimum atomic E-state index is 0.144. The Bertz CT molecular complexity index is 748. The van der Waals surface area contributed by atoms with Crippen LogP contribution >= 0.6 is 0 Å². The number of aromatic hydroxyl groups is 2. The molecule has 2 rings (SSSR count). The van der Waals surface area contributed by atoms with Crippen molar-refractivity contribution in [3.63, 3.8) is 0 Å². The second-order valence-electron chi connectivity index (χ2n) is 5.57. The Morgan fingerprint density at radius 1 is 0.880 bits per heavy atom. The van der Waals surface area contributed by atoms with Crippen molar-refractivity contribution in [3.8, 4) is 23.0 Å².